The molecule has 45 heavy (non-hydrogen) atoms. The van der Waals surface area contributed by atoms with E-state index in [1.54, 1.807) is 30.3 Å². The first kappa shape index (κ1) is 33.5. The molecule has 0 bridgehead atoms. The standard InChI is InChI=1S/C34H36BrN3O6S/c1-4-36-34(40)30(21-25-12-7-5-8-13-25)37(23-26-14-11-15-27(35)20-26)33(39)24-38(28-16-9-6-10-17-28)45(41,42)29-18-19-31(43-2)32(22-29)44-3/h5-20,22,30H,4,21,23-24H2,1-3H3,(H,36,40)/t30-/m0/s1. The second-order valence-electron chi connectivity index (χ2n) is 10.1. The van der Waals surface area contributed by atoms with Gasteiger partial charge in [-0.25, -0.2) is 8.42 Å². The van der Waals surface area contributed by atoms with Crippen molar-refractivity contribution in [2.45, 2.75) is 30.8 Å². The number of nitrogens with one attached hydrogen (secondary N) is 1. The molecule has 0 unspecified atom stereocenters. The molecule has 0 aliphatic carbocycles. The molecule has 0 radical (unpaired) electrons. The number of ether oxygens (including phenoxy) is 2. The van der Waals surface area contributed by atoms with E-state index in [4.69, 9.17) is 9.47 Å². The highest BCUT2D eigenvalue weighted by Crippen LogP contribution is 2.32. The van der Waals surface area contributed by atoms with Gasteiger partial charge in [-0.1, -0.05) is 76.6 Å². The van der Waals surface area contributed by atoms with Gasteiger partial charge in [0.1, 0.15) is 12.6 Å². The summed E-state index contributed by atoms with van der Waals surface area (Å²) in [4.78, 5) is 29.4. The molecule has 4 aromatic carbocycles. The van der Waals surface area contributed by atoms with Gasteiger partial charge in [-0.15, -0.1) is 0 Å². The van der Waals surface area contributed by atoms with Gasteiger partial charge >= 0.3 is 0 Å². The van der Waals surface area contributed by atoms with Crippen molar-refractivity contribution in [3.63, 3.8) is 0 Å². The maximum Gasteiger partial charge on any atom is 0.264 e. The fourth-order valence-corrected chi connectivity index (χ4v) is 6.78. The number of carbonyl (C=O) groups is 2. The normalized spacial score (nSPS) is 11.7. The van der Waals surface area contributed by atoms with Gasteiger partial charge in [-0.05, 0) is 54.4 Å². The fourth-order valence-electron chi connectivity index (χ4n) is 4.91. The minimum atomic E-state index is -4.29. The first-order valence-corrected chi connectivity index (χ1v) is 16.6. The lowest BCUT2D eigenvalue weighted by Crippen LogP contribution is -2.53. The second kappa shape index (κ2) is 15.6. The van der Waals surface area contributed by atoms with E-state index in [1.165, 1.54) is 37.3 Å². The lowest BCUT2D eigenvalue weighted by molar-refractivity contribution is -0.140. The SMILES string of the molecule is CCNC(=O)[C@H](Cc1ccccc1)N(Cc1cccc(Br)c1)C(=O)CN(c1ccccc1)S(=O)(=O)c1ccc(OC)c(OC)c1. The van der Waals surface area contributed by atoms with E-state index in [0.717, 1.165) is 19.9 Å². The zero-order chi connectivity index (χ0) is 32.4. The van der Waals surface area contributed by atoms with Gasteiger partial charge in [-0.3, -0.25) is 13.9 Å². The van der Waals surface area contributed by atoms with Crippen LogP contribution in [0.15, 0.2) is 112 Å². The minimum Gasteiger partial charge on any atom is -0.493 e. The molecule has 0 aliphatic rings. The van der Waals surface area contributed by atoms with Gasteiger partial charge in [0.15, 0.2) is 11.5 Å². The van der Waals surface area contributed by atoms with E-state index < -0.39 is 28.5 Å². The number of carbonyl (C=O) groups excluding carboxylic acids is 2. The molecular formula is C34H36BrN3O6S. The summed E-state index contributed by atoms with van der Waals surface area (Å²) in [6, 6.07) is 28.6. The number of para-hydroxylation sites is 1. The van der Waals surface area contributed by atoms with Crippen molar-refractivity contribution in [2.24, 2.45) is 0 Å². The Hall–Kier alpha value is -4.35. The number of methoxy groups -OCH3 is 2. The molecule has 9 nitrogen and oxygen atoms in total. The molecule has 0 saturated carbocycles. The molecule has 0 spiro atoms. The Balaban J connectivity index is 1.80. The third kappa shape index (κ3) is 8.43. The Morgan fingerprint density at radius 1 is 0.822 bits per heavy atom. The average molecular weight is 695 g/mol. The number of likely N-dealkylation sites (N-methyl/N-ethyl adjacent to an activating group) is 1. The highest BCUT2D eigenvalue weighted by molar-refractivity contribution is 9.10. The number of halogens is 1. The van der Waals surface area contributed by atoms with Gasteiger partial charge in [0, 0.05) is 30.0 Å². The van der Waals surface area contributed by atoms with Crippen LogP contribution in [-0.4, -0.2) is 58.5 Å². The van der Waals surface area contributed by atoms with E-state index in [9.17, 15) is 18.0 Å². The first-order valence-electron chi connectivity index (χ1n) is 14.3. The number of rotatable bonds is 14. The van der Waals surface area contributed by atoms with Gasteiger partial charge in [0.05, 0.1) is 24.8 Å². The molecule has 1 atom stereocenters. The number of nitrogens with zero attached hydrogens (tertiary/aromatic N) is 2. The zero-order valence-corrected chi connectivity index (χ0v) is 27.8. The van der Waals surface area contributed by atoms with Crippen LogP contribution in [0.4, 0.5) is 5.69 Å². The maximum absolute atomic E-state index is 14.4. The molecule has 4 aromatic rings. The summed E-state index contributed by atoms with van der Waals surface area (Å²) < 4.78 is 41.0. The molecule has 0 aliphatic heterocycles. The molecule has 11 heteroatoms. The van der Waals surface area contributed by atoms with E-state index in [0.29, 0.717) is 18.0 Å². The molecule has 4 rings (SSSR count). The minimum absolute atomic E-state index is 0.0753. The summed E-state index contributed by atoms with van der Waals surface area (Å²) in [5.74, 6) is -0.285. The van der Waals surface area contributed by atoms with Crippen LogP contribution in [0.5, 0.6) is 11.5 Å². The van der Waals surface area contributed by atoms with Crippen molar-refractivity contribution in [3.05, 3.63) is 119 Å². The van der Waals surface area contributed by atoms with E-state index in [2.05, 4.69) is 21.2 Å². The van der Waals surface area contributed by atoms with Crippen LogP contribution in [0.1, 0.15) is 18.1 Å². The van der Waals surface area contributed by atoms with E-state index in [-0.39, 0.29) is 29.5 Å². The van der Waals surface area contributed by atoms with Crippen LogP contribution in [0.3, 0.4) is 0 Å². The summed E-state index contributed by atoms with van der Waals surface area (Å²) >= 11 is 3.49. The van der Waals surface area contributed by atoms with Gasteiger partial charge in [0.25, 0.3) is 10.0 Å². The smallest absolute Gasteiger partial charge is 0.264 e. The van der Waals surface area contributed by atoms with Crippen molar-refractivity contribution in [3.8, 4) is 11.5 Å². The van der Waals surface area contributed by atoms with E-state index >= 15 is 0 Å². The predicted octanol–water partition coefficient (Wildman–Crippen LogP) is 5.44. The highest BCUT2D eigenvalue weighted by Gasteiger charge is 2.34. The maximum atomic E-state index is 14.4. The van der Waals surface area contributed by atoms with Crippen LogP contribution in [0.2, 0.25) is 0 Å². The Morgan fingerprint density at radius 2 is 1.47 bits per heavy atom. The monoisotopic (exact) mass is 693 g/mol. The molecule has 236 valence electrons. The van der Waals surface area contributed by atoms with Crippen molar-refractivity contribution in [1.29, 1.82) is 0 Å². The average Bonchev–Trinajstić information content (AvgIpc) is 3.05. The number of benzene rings is 4. The van der Waals surface area contributed by atoms with Crippen molar-refractivity contribution >= 4 is 43.5 Å². The lowest BCUT2D eigenvalue weighted by Gasteiger charge is -2.34. The van der Waals surface area contributed by atoms with Crippen LogP contribution >= 0.6 is 15.9 Å². The number of hydrogen-bond acceptors (Lipinski definition) is 6. The molecule has 2 amide bonds. The van der Waals surface area contributed by atoms with Crippen LogP contribution in [0, 0.1) is 0 Å². The van der Waals surface area contributed by atoms with Crippen molar-refractivity contribution in [1.82, 2.24) is 10.2 Å². The fraction of sp³-hybridized carbons (Fsp3) is 0.235. The number of sulfonamides is 1. The molecule has 0 heterocycles. The first-order chi connectivity index (χ1) is 21.7. The molecule has 0 aromatic heterocycles. The number of amides is 2. The summed E-state index contributed by atoms with van der Waals surface area (Å²) in [5.41, 5.74) is 1.92. The third-order valence-corrected chi connectivity index (χ3v) is 9.39. The van der Waals surface area contributed by atoms with Crippen molar-refractivity contribution in [2.75, 3.05) is 31.6 Å². The number of hydrogen-bond donors (Lipinski definition) is 1. The lowest BCUT2D eigenvalue weighted by atomic mass is 10.0. The van der Waals surface area contributed by atoms with Gasteiger partial charge in [0.2, 0.25) is 11.8 Å². The molecule has 0 saturated heterocycles. The Kier molecular flexibility index (Phi) is 11.6. The Morgan fingerprint density at radius 3 is 2.09 bits per heavy atom. The zero-order valence-electron chi connectivity index (χ0n) is 25.4. The molecule has 1 N–H and O–H groups in total. The van der Waals surface area contributed by atoms with Crippen LogP contribution in [-0.2, 0) is 32.6 Å². The predicted molar refractivity (Wildman–Crippen MR) is 178 cm³/mol. The van der Waals surface area contributed by atoms with E-state index in [1.807, 2.05) is 61.5 Å². The second-order valence-corrected chi connectivity index (χ2v) is 12.9. The van der Waals surface area contributed by atoms with Gasteiger partial charge in [-0.2, -0.15) is 0 Å². The Labute approximate surface area is 273 Å². The largest absolute Gasteiger partial charge is 0.493 e. The summed E-state index contributed by atoms with van der Waals surface area (Å²) in [6.45, 7) is 1.70. The third-order valence-electron chi connectivity index (χ3n) is 7.13. The van der Waals surface area contributed by atoms with Gasteiger partial charge < -0.3 is 19.7 Å². The van der Waals surface area contributed by atoms with Crippen molar-refractivity contribution < 1.29 is 27.5 Å². The summed E-state index contributed by atoms with van der Waals surface area (Å²) in [6.07, 6.45) is 0.236. The highest BCUT2D eigenvalue weighted by atomic mass is 79.9. The number of anilines is 1. The molecular weight excluding hydrogens is 658 g/mol. The topological polar surface area (TPSA) is 105 Å². The molecule has 0 fully saturated rings. The quantitative estimate of drug-likeness (QED) is 0.189. The Bertz CT molecular complexity index is 1700. The van der Waals surface area contributed by atoms with Crippen LogP contribution < -0.4 is 19.1 Å². The summed E-state index contributed by atoms with van der Waals surface area (Å²) in [7, 11) is -1.42. The summed E-state index contributed by atoms with van der Waals surface area (Å²) in [5, 5.41) is 2.86. The van der Waals surface area contributed by atoms with Crippen LogP contribution in [0.25, 0.3) is 0 Å².